The minimum atomic E-state index is 0.791. The molecule has 0 saturated carbocycles. The molecule has 0 fully saturated rings. The van der Waals surface area contributed by atoms with Gasteiger partial charge < -0.3 is 0 Å². The maximum Gasteiger partial charge on any atom is 0.143 e. The summed E-state index contributed by atoms with van der Waals surface area (Å²) in [6, 6.07) is 8.03. The Bertz CT molecular complexity index is 909. The third-order valence-corrected chi connectivity index (χ3v) is 4.63. The number of benzene rings is 1. The number of nitrogens with one attached hydrogen (secondary N) is 1. The van der Waals surface area contributed by atoms with E-state index in [9.17, 15) is 0 Å². The summed E-state index contributed by atoms with van der Waals surface area (Å²) in [5.41, 5.74) is 5.47. The van der Waals surface area contributed by atoms with Crippen LogP contribution in [0.15, 0.2) is 35.8 Å². The number of nitrogens with zero attached hydrogens (tertiary/aromatic N) is 5. The molecule has 0 aliphatic heterocycles. The number of rotatable bonds is 3. The Kier molecular flexibility index (Phi) is 3.24. The van der Waals surface area contributed by atoms with Crippen LogP contribution in [0.3, 0.4) is 0 Å². The lowest BCUT2D eigenvalue weighted by molar-refractivity contribution is 0.943. The van der Waals surface area contributed by atoms with Gasteiger partial charge in [-0.15, -0.1) is 16.4 Å². The molecule has 0 radical (unpaired) electrons. The van der Waals surface area contributed by atoms with Crippen LogP contribution < -0.4 is 0 Å². The van der Waals surface area contributed by atoms with Gasteiger partial charge in [0, 0.05) is 22.2 Å². The third kappa shape index (κ3) is 2.32. The summed E-state index contributed by atoms with van der Waals surface area (Å²) in [6.07, 6.45) is 1.76. The summed E-state index contributed by atoms with van der Waals surface area (Å²) in [6.45, 7) is 1.97. The van der Waals surface area contributed by atoms with E-state index >= 15 is 0 Å². The van der Waals surface area contributed by atoms with Gasteiger partial charge >= 0.3 is 0 Å². The van der Waals surface area contributed by atoms with Crippen molar-refractivity contribution in [1.29, 1.82) is 0 Å². The van der Waals surface area contributed by atoms with Crippen LogP contribution in [0.5, 0.6) is 0 Å². The third-order valence-electron chi connectivity index (χ3n) is 3.17. The Morgan fingerprint density at radius 3 is 2.86 bits per heavy atom. The molecule has 0 spiro atoms. The van der Waals surface area contributed by atoms with Crippen LogP contribution in [0.2, 0.25) is 0 Å². The molecule has 22 heavy (non-hydrogen) atoms. The van der Waals surface area contributed by atoms with Crippen molar-refractivity contribution in [1.82, 2.24) is 29.1 Å². The van der Waals surface area contributed by atoms with E-state index in [2.05, 4.69) is 29.1 Å². The number of aryl methyl sites for hydroxylation is 1. The van der Waals surface area contributed by atoms with Gasteiger partial charge in [-0.05, 0) is 13.0 Å². The Labute approximate surface area is 134 Å². The molecule has 1 aromatic carbocycles. The van der Waals surface area contributed by atoms with Gasteiger partial charge in [0.25, 0.3) is 0 Å². The summed E-state index contributed by atoms with van der Waals surface area (Å²) < 4.78 is 8.32. The summed E-state index contributed by atoms with van der Waals surface area (Å²) in [7, 11) is 0. The van der Waals surface area contributed by atoms with Gasteiger partial charge in [0.15, 0.2) is 0 Å². The molecule has 0 unspecified atom stereocenters. The molecule has 0 amide bonds. The molecule has 8 heteroatoms. The molecular weight excluding hydrogens is 316 g/mol. The van der Waals surface area contributed by atoms with E-state index in [0.717, 1.165) is 38.9 Å². The molecule has 3 aromatic heterocycles. The lowest BCUT2D eigenvalue weighted by atomic mass is 10.1. The zero-order valence-corrected chi connectivity index (χ0v) is 13.1. The van der Waals surface area contributed by atoms with Gasteiger partial charge in [-0.25, -0.2) is 4.98 Å². The second-order valence-corrected chi connectivity index (χ2v) is 6.12. The molecule has 0 atom stereocenters. The molecule has 4 rings (SSSR count). The van der Waals surface area contributed by atoms with Crippen LogP contribution in [0.1, 0.15) is 5.69 Å². The first kappa shape index (κ1) is 13.2. The lowest BCUT2D eigenvalue weighted by Crippen LogP contribution is -1.85. The molecule has 1 N–H and O–H groups in total. The highest BCUT2D eigenvalue weighted by molar-refractivity contribution is 7.13. The number of aromatic amines is 1. The summed E-state index contributed by atoms with van der Waals surface area (Å²) in [4.78, 5) is 4.50. The zero-order valence-electron chi connectivity index (χ0n) is 11.5. The van der Waals surface area contributed by atoms with E-state index in [4.69, 9.17) is 0 Å². The first-order valence-corrected chi connectivity index (χ1v) is 8.14. The summed E-state index contributed by atoms with van der Waals surface area (Å²) in [5, 5.41) is 14.0. The van der Waals surface area contributed by atoms with Crippen molar-refractivity contribution in [2.24, 2.45) is 0 Å². The Morgan fingerprint density at radius 1 is 1.18 bits per heavy atom. The fourth-order valence-electron chi connectivity index (χ4n) is 2.17. The Balaban J connectivity index is 1.80. The second kappa shape index (κ2) is 5.39. The van der Waals surface area contributed by atoms with E-state index in [1.165, 1.54) is 11.7 Å². The molecule has 0 aliphatic carbocycles. The van der Waals surface area contributed by atoms with Crippen LogP contribution in [-0.4, -0.2) is 29.1 Å². The predicted molar refractivity (Wildman–Crippen MR) is 86.6 cm³/mol. The standard InChI is InChI=1S/C14H10N6S2/c1-8-7-21-14(16-8)13-12(17-20-18-13)10-4-2-3-9(5-10)11-6-15-22-19-11/h2-7H,1H3,(H,17,18,20). The van der Waals surface area contributed by atoms with E-state index in [-0.39, 0.29) is 0 Å². The predicted octanol–water partition coefficient (Wildman–Crippen LogP) is 3.42. The maximum absolute atomic E-state index is 4.50. The van der Waals surface area contributed by atoms with Crippen LogP contribution >= 0.6 is 23.1 Å². The highest BCUT2D eigenvalue weighted by atomic mass is 32.1. The number of H-pyrrole nitrogens is 1. The van der Waals surface area contributed by atoms with E-state index < -0.39 is 0 Å². The van der Waals surface area contributed by atoms with Crippen LogP contribution in [0.25, 0.3) is 33.2 Å². The highest BCUT2D eigenvalue weighted by Gasteiger charge is 2.15. The molecule has 0 aliphatic rings. The average Bonchev–Trinajstić information content (AvgIpc) is 3.28. The van der Waals surface area contributed by atoms with E-state index in [0.29, 0.717) is 0 Å². The molecule has 3 heterocycles. The number of aromatic nitrogens is 6. The van der Waals surface area contributed by atoms with Crippen LogP contribution in [0, 0.1) is 6.92 Å². The van der Waals surface area contributed by atoms with Crippen molar-refractivity contribution in [2.75, 3.05) is 0 Å². The molecule has 4 aromatic rings. The number of hydrogen-bond donors (Lipinski definition) is 1. The van der Waals surface area contributed by atoms with Gasteiger partial charge in [0.2, 0.25) is 0 Å². The van der Waals surface area contributed by atoms with Crippen molar-refractivity contribution in [3.05, 3.63) is 41.5 Å². The van der Waals surface area contributed by atoms with Crippen molar-refractivity contribution < 1.29 is 0 Å². The number of thiazole rings is 1. The van der Waals surface area contributed by atoms with Crippen molar-refractivity contribution in [3.63, 3.8) is 0 Å². The second-order valence-electron chi connectivity index (χ2n) is 4.70. The molecule has 0 bridgehead atoms. The van der Waals surface area contributed by atoms with E-state index in [1.807, 2.05) is 36.6 Å². The first-order chi connectivity index (χ1) is 10.8. The molecular formula is C14H10N6S2. The van der Waals surface area contributed by atoms with Gasteiger partial charge in [-0.3, -0.25) is 5.10 Å². The largest absolute Gasteiger partial charge is 0.254 e. The SMILES string of the molecule is Cc1csc(-c2[nH]nnc2-c2cccc(-c3cnsn3)c2)n1. The number of hydrogen-bond acceptors (Lipinski definition) is 7. The van der Waals surface area contributed by atoms with Gasteiger partial charge in [-0.1, -0.05) is 23.4 Å². The Morgan fingerprint density at radius 2 is 2.09 bits per heavy atom. The lowest BCUT2D eigenvalue weighted by Gasteiger charge is -2.02. The van der Waals surface area contributed by atoms with Gasteiger partial charge in [-0.2, -0.15) is 8.75 Å². The normalized spacial score (nSPS) is 11.0. The maximum atomic E-state index is 4.50. The van der Waals surface area contributed by atoms with Crippen molar-refractivity contribution in [2.45, 2.75) is 6.92 Å². The summed E-state index contributed by atoms with van der Waals surface area (Å²) >= 11 is 2.77. The van der Waals surface area contributed by atoms with Crippen molar-refractivity contribution >= 4 is 23.1 Å². The van der Waals surface area contributed by atoms with Crippen LogP contribution in [-0.2, 0) is 0 Å². The fourth-order valence-corrected chi connectivity index (χ4v) is 3.39. The minimum Gasteiger partial charge on any atom is -0.254 e. The van der Waals surface area contributed by atoms with E-state index in [1.54, 1.807) is 17.5 Å². The zero-order chi connectivity index (χ0) is 14.9. The molecule has 0 saturated heterocycles. The Hall–Kier alpha value is -2.45. The quantitative estimate of drug-likeness (QED) is 0.624. The monoisotopic (exact) mass is 326 g/mol. The molecule has 108 valence electrons. The topological polar surface area (TPSA) is 80.2 Å². The van der Waals surface area contributed by atoms with Crippen molar-refractivity contribution in [3.8, 4) is 33.2 Å². The van der Waals surface area contributed by atoms with Gasteiger partial charge in [0.05, 0.1) is 17.9 Å². The average molecular weight is 326 g/mol. The summed E-state index contributed by atoms with van der Waals surface area (Å²) in [5.74, 6) is 0. The van der Waals surface area contributed by atoms with Crippen LogP contribution in [0.4, 0.5) is 0 Å². The first-order valence-electron chi connectivity index (χ1n) is 6.53. The molecule has 6 nitrogen and oxygen atoms in total. The fraction of sp³-hybridized carbons (Fsp3) is 0.0714. The smallest absolute Gasteiger partial charge is 0.143 e. The van der Waals surface area contributed by atoms with Gasteiger partial charge in [0.1, 0.15) is 22.1 Å². The highest BCUT2D eigenvalue weighted by Crippen LogP contribution is 2.32. The minimum absolute atomic E-state index is 0.791.